The number of benzene rings is 2. The van der Waals surface area contributed by atoms with E-state index >= 15 is 0 Å². The van der Waals surface area contributed by atoms with Crippen molar-refractivity contribution in [3.05, 3.63) is 81.9 Å². The molecule has 0 radical (unpaired) electrons. The van der Waals surface area contributed by atoms with Gasteiger partial charge in [0.25, 0.3) is 0 Å². The molecular weight excluding hydrogens is 399 g/mol. The summed E-state index contributed by atoms with van der Waals surface area (Å²) in [5.41, 5.74) is 3.02. The second-order valence-electron chi connectivity index (χ2n) is 6.00. The van der Waals surface area contributed by atoms with Crippen LogP contribution in [0.1, 0.15) is 23.2 Å². The molecule has 138 valence electrons. The second kappa shape index (κ2) is 9.82. The molecule has 7 heteroatoms. The van der Waals surface area contributed by atoms with Gasteiger partial charge in [0.15, 0.2) is 0 Å². The van der Waals surface area contributed by atoms with Crippen molar-refractivity contribution in [3.8, 4) is 6.07 Å². The van der Waals surface area contributed by atoms with Crippen molar-refractivity contribution in [2.24, 2.45) is 0 Å². The van der Waals surface area contributed by atoms with E-state index in [2.05, 4.69) is 20.3 Å². The molecule has 27 heavy (non-hydrogen) atoms. The Morgan fingerprint density at radius 1 is 1.15 bits per heavy atom. The molecule has 3 aromatic rings. The maximum absolute atomic E-state index is 8.88. The first-order chi connectivity index (χ1) is 13.2. The summed E-state index contributed by atoms with van der Waals surface area (Å²) < 4.78 is 5.48. The monoisotopic (exact) mass is 416 g/mol. The van der Waals surface area contributed by atoms with Gasteiger partial charge in [-0.3, -0.25) is 4.72 Å². The van der Waals surface area contributed by atoms with Crippen LogP contribution >= 0.6 is 35.1 Å². The van der Waals surface area contributed by atoms with Gasteiger partial charge in [-0.15, -0.1) is 0 Å². The molecule has 0 amide bonds. The summed E-state index contributed by atoms with van der Waals surface area (Å²) in [6.45, 7) is 1.61. The average molecular weight is 417 g/mol. The summed E-state index contributed by atoms with van der Waals surface area (Å²) in [6.07, 6.45) is 5.67. The highest BCUT2D eigenvalue weighted by Gasteiger charge is 2.05. The van der Waals surface area contributed by atoms with Crippen molar-refractivity contribution in [1.82, 2.24) is 14.3 Å². The molecule has 3 rings (SSSR count). The lowest BCUT2D eigenvalue weighted by molar-refractivity contribution is 0.699. The van der Waals surface area contributed by atoms with Gasteiger partial charge in [-0.05, 0) is 60.7 Å². The van der Waals surface area contributed by atoms with Crippen molar-refractivity contribution >= 4 is 35.1 Å². The standard InChI is InChI=1S/C20H18Cl2N4S/c21-17-7-8-20(19(22)10-17)27-25-9-1-2-18-12-24-14-26(18)13-16-5-3-15(11-23)4-6-16/h3-8,10,12,14,25H,1-2,9,13H2. The predicted molar refractivity (Wildman–Crippen MR) is 111 cm³/mol. The third kappa shape index (κ3) is 5.75. The van der Waals surface area contributed by atoms with Gasteiger partial charge in [0.1, 0.15) is 0 Å². The summed E-state index contributed by atoms with van der Waals surface area (Å²) >= 11 is 13.6. The number of imidazole rings is 1. The molecule has 0 aliphatic carbocycles. The molecule has 1 heterocycles. The molecule has 0 bridgehead atoms. The Morgan fingerprint density at radius 3 is 2.70 bits per heavy atom. The average Bonchev–Trinajstić information content (AvgIpc) is 3.10. The molecule has 0 atom stereocenters. The number of hydrogen-bond acceptors (Lipinski definition) is 4. The quantitative estimate of drug-likeness (QED) is 0.397. The van der Waals surface area contributed by atoms with Crippen LogP contribution in [0.15, 0.2) is 59.9 Å². The summed E-state index contributed by atoms with van der Waals surface area (Å²) in [7, 11) is 0. The van der Waals surface area contributed by atoms with E-state index in [9.17, 15) is 0 Å². The van der Waals surface area contributed by atoms with Crippen molar-refractivity contribution in [3.63, 3.8) is 0 Å². The third-order valence-corrected chi connectivity index (χ3v) is 5.61. The number of aryl methyl sites for hydroxylation is 1. The van der Waals surface area contributed by atoms with Crippen LogP contribution in [0.4, 0.5) is 0 Å². The van der Waals surface area contributed by atoms with E-state index < -0.39 is 0 Å². The normalized spacial score (nSPS) is 10.7. The summed E-state index contributed by atoms with van der Waals surface area (Å²) in [4.78, 5) is 5.24. The van der Waals surface area contributed by atoms with Crippen LogP contribution in [0.3, 0.4) is 0 Å². The maximum atomic E-state index is 8.88. The van der Waals surface area contributed by atoms with Gasteiger partial charge in [-0.2, -0.15) is 5.26 Å². The van der Waals surface area contributed by atoms with E-state index in [1.54, 1.807) is 6.07 Å². The van der Waals surface area contributed by atoms with Gasteiger partial charge in [-0.25, -0.2) is 4.98 Å². The minimum atomic E-state index is 0.639. The zero-order valence-electron chi connectivity index (χ0n) is 14.5. The van der Waals surface area contributed by atoms with E-state index in [1.807, 2.05) is 48.9 Å². The Bertz CT molecular complexity index is 932. The summed E-state index contributed by atoms with van der Waals surface area (Å²) in [6, 6.07) is 15.3. The Morgan fingerprint density at radius 2 is 1.96 bits per heavy atom. The molecule has 0 saturated heterocycles. The number of nitrogens with one attached hydrogen (secondary N) is 1. The molecule has 0 aliphatic heterocycles. The lowest BCUT2D eigenvalue weighted by Gasteiger charge is -2.09. The smallest absolute Gasteiger partial charge is 0.0991 e. The number of halogens is 2. The number of rotatable bonds is 8. The Balaban J connectivity index is 1.46. The summed E-state index contributed by atoms with van der Waals surface area (Å²) in [5.74, 6) is 0. The highest BCUT2D eigenvalue weighted by atomic mass is 35.5. The molecule has 0 saturated carbocycles. The zero-order chi connectivity index (χ0) is 19.1. The minimum Gasteiger partial charge on any atom is -0.330 e. The SMILES string of the molecule is N#Cc1ccc(Cn2cncc2CCCNSc2ccc(Cl)cc2Cl)cc1. The van der Waals surface area contributed by atoms with E-state index in [1.165, 1.54) is 17.6 Å². The van der Waals surface area contributed by atoms with Crippen LogP contribution in [0.2, 0.25) is 10.0 Å². The fraction of sp³-hybridized carbons (Fsp3) is 0.200. The van der Waals surface area contributed by atoms with Crippen molar-refractivity contribution in [2.75, 3.05) is 6.54 Å². The van der Waals surface area contributed by atoms with E-state index in [-0.39, 0.29) is 0 Å². The van der Waals surface area contributed by atoms with E-state index in [4.69, 9.17) is 28.5 Å². The largest absolute Gasteiger partial charge is 0.330 e. The molecule has 0 aliphatic rings. The fourth-order valence-electron chi connectivity index (χ4n) is 2.61. The Labute approximate surface area is 173 Å². The summed E-state index contributed by atoms with van der Waals surface area (Å²) in [5, 5.41) is 10.2. The van der Waals surface area contributed by atoms with Crippen LogP contribution in [0.25, 0.3) is 0 Å². The second-order valence-corrected chi connectivity index (χ2v) is 7.77. The van der Waals surface area contributed by atoms with Gasteiger partial charge in [0.05, 0.1) is 23.0 Å². The number of nitriles is 1. The Hall–Kier alpha value is -1.97. The number of hydrogen-bond donors (Lipinski definition) is 1. The van der Waals surface area contributed by atoms with Crippen molar-refractivity contribution in [2.45, 2.75) is 24.3 Å². The van der Waals surface area contributed by atoms with Gasteiger partial charge in [0.2, 0.25) is 0 Å². The zero-order valence-corrected chi connectivity index (χ0v) is 16.9. The third-order valence-electron chi connectivity index (χ3n) is 4.02. The van der Waals surface area contributed by atoms with Gasteiger partial charge in [0, 0.05) is 34.9 Å². The molecule has 1 aromatic heterocycles. The maximum Gasteiger partial charge on any atom is 0.0991 e. The number of aromatic nitrogens is 2. The molecule has 0 spiro atoms. The van der Waals surface area contributed by atoms with Crippen LogP contribution in [-0.2, 0) is 13.0 Å². The first kappa shape index (κ1) is 19.8. The predicted octanol–water partition coefficient (Wildman–Crippen LogP) is 5.34. The molecule has 0 fully saturated rings. The van der Waals surface area contributed by atoms with Crippen LogP contribution in [-0.4, -0.2) is 16.1 Å². The molecule has 4 nitrogen and oxygen atoms in total. The molecule has 2 aromatic carbocycles. The van der Waals surface area contributed by atoms with Crippen molar-refractivity contribution < 1.29 is 0 Å². The fourth-order valence-corrected chi connectivity index (χ4v) is 3.83. The highest BCUT2D eigenvalue weighted by molar-refractivity contribution is 7.97. The van der Waals surface area contributed by atoms with Crippen LogP contribution in [0, 0.1) is 11.3 Å². The molecule has 0 unspecified atom stereocenters. The van der Waals surface area contributed by atoms with Crippen molar-refractivity contribution in [1.29, 1.82) is 5.26 Å². The van der Waals surface area contributed by atoms with E-state index in [0.717, 1.165) is 36.4 Å². The van der Waals surface area contributed by atoms with Crippen LogP contribution < -0.4 is 4.72 Å². The first-order valence-electron chi connectivity index (χ1n) is 8.48. The topological polar surface area (TPSA) is 53.6 Å². The lowest BCUT2D eigenvalue weighted by Crippen LogP contribution is -2.09. The first-order valence-corrected chi connectivity index (χ1v) is 10.1. The van der Waals surface area contributed by atoms with Gasteiger partial charge in [-0.1, -0.05) is 35.3 Å². The van der Waals surface area contributed by atoms with Crippen LogP contribution in [0.5, 0.6) is 0 Å². The van der Waals surface area contributed by atoms with E-state index in [0.29, 0.717) is 15.6 Å². The lowest BCUT2D eigenvalue weighted by atomic mass is 10.1. The number of nitrogens with zero attached hydrogens (tertiary/aromatic N) is 3. The van der Waals surface area contributed by atoms with Gasteiger partial charge < -0.3 is 4.57 Å². The Kier molecular flexibility index (Phi) is 7.19. The minimum absolute atomic E-state index is 0.639. The van der Waals surface area contributed by atoms with Gasteiger partial charge >= 0.3 is 0 Å². The molecule has 1 N–H and O–H groups in total. The highest BCUT2D eigenvalue weighted by Crippen LogP contribution is 2.27. The molecular formula is C20H18Cl2N4S.